The van der Waals surface area contributed by atoms with Crippen molar-refractivity contribution in [2.45, 2.75) is 0 Å². The third-order valence-corrected chi connectivity index (χ3v) is 0.819. The molecule has 0 aromatic heterocycles. The van der Waals surface area contributed by atoms with E-state index < -0.39 is 0 Å². The second-order valence-corrected chi connectivity index (χ2v) is 1.42. The van der Waals surface area contributed by atoms with Crippen LogP contribution in [0.25, 0.3) is 0 Å². The van der Waals surface area contributed by atoms with Crippen LogP contribution in [0.5, 0.6) is 0 Å². The van der Waals surface area contributed by atoms with Crippen molar-refractivity contribution in [3.8, 4) is 0 Å². The Morgan fingerprint density at radius 2 is 2.62 bits per heavy atom. The zero-order valence-corrected chi connectivity index (χ0v) is 4.18. The highest BCUT2D eigenvalue weighted by atomic mass is 17.2. The molecule has 0 unspecified atom stereocenters. The Morgan fingerprint density at radius 1 is 1.88 bits per heavy atom. The summed E-state index contributed by atoms with van der Waals surface area (Å²) in [5.74, 6) is 0.00231. The van der Waals surface area contributed by atoms with Crippen molar-refractivity contribution in [2.75, 3.05) is 6.61 Å². The molecule has 1 aliphatic rings. The van der Waals surface area contributed by atoms with Gasteiger partial charge in [-0.05, 0) is 0 Å². The summed E-state index contributed by atoms with van der Waals surface area (Å²) in [5, 5.41) is 6.84. The van der Waals surface area contributed by atoms with Gasteiger partial charge in [0, 0.05) is 0 Å². The van der Waals surface area contributed by atoms with E-state index in [4.69, 9.17) is 11.1 Å². The highest BCUT2D eigenvalue weighted by Crippen LogP contribution is 2.03. The summed E-state index contributed by atoms with van der Waals surface area (Å²) in [6, 6.07) is 0. The molecule has 0 aromatic carbocycles. The van der Waals surface area contributed by atoms with Gasteiger partial charge in [0.05, 0.1) is 5.57 Å². The molecule has 4 heteroatoms. The van der Waals surface area contributed by atoms with Crippen LogP contribution in [0.2, 0.25) is 0 Å². The van der Waals surface area contributed by atoms with Gasteiger partial charge in [0.15, 0.2) is 0 Å². The Labute approximate surface area is 46.3 Å². The monoisotopic (exact) mass is 114 g/mol. The number of nitrogens with one attached hydrogen (secondary N) is 1. The molecule has 0 bridgehead atoms. The van der Waals surface area contributed by atoms with Crippen LogP contribution in [0, 0.1) is 5.41 Å². The third kappa shape index (κ3) is 0.788. The Kier molecular flexibility index (Phi) is 1.17. The molecule has 44 valence electrons. The summed E-state index contributed by atoms with van der Waals surface area (Å²) in [6.45, 7) is 0.287. The van der Waals surface area contributed by atoms with Crippen molar-refractivity contribution in [3.63, 3.8) is 0 Å². The fourth-order valence-electron chi connectivity index (χ4n) is 0.365. The summed E-state index contributed by atoms with van der Waals surface area (Å²) in [5.41, 5.74) is 5.64. The quantitative estimate of drug-likeness (QED) is 0.281. The van der Waals surface area contributed by atoms with Crippen LogP contribution in [0.4, 0.5) is 0 Å². The SMILES string of the molecule is N=C(N)C1=COOC1. The molecular formula is C4H6N2O2. The number of hydrogen-bond donors (Lipinski definition) is 2. The van der Waals surface area contributed by atoms with Crippen LogP contribution >= 0.6 is 0 Å². The minimum Gasteiger partial charge on any atom is -0.384 e. The maximum absolute atomic E-state index is 6.84. The lowest BCUT2D eigenvalue weighted by atomic mass is 10.3. The van der Waals surface area contributed by atoms with E-state index in [0.717, 1.165) is 0 Å². The standard InChI is InChI=1S/C4H6N2O2/c5-4(6)3-1-7-8-2-3/h1H,2H2,(H3,5,6). The normalized spacial score (nSPS) is 17.2. The van der Waals surface area contributed by atoms with E-state index in [-0.39, 0.29) is 12.4 Å². The highest BCUT2D eigenvalue weighted by Gasteiger charge is 2.07. The molecule has 0 saturated heterocycles. The van der Waals surface area contributed by atoms with E-state index >= 15 is 0 Å². The lowest BCUT2D eigenvalue weighted by Gasteiger charge is -1.88. The topological polar surface area (TPSA) is 68.3 Å². The average Bonchev–Trinajstić information content (AvgIpc) is 2.12. The smallest absolute Gasteiger partial charge is 0.138 e. The van der Waals surface area contributed by atoms with Gasteiger partial charge in [0.2, 0.25) is 0 Å². The molecule has 3 N–H and O–H groups in total. The first kappa shape index (κ1) is 5.11. The number of hydrogen-bond acceptors (Lipinski definition) is 3. The molecule has 0 saturated carbocycles. The summed E-state index contributed by atoms with van der Waals surface area (Å²) in [4.78, 5) is 8.74. The Balaban J connectivity index is 2.57. The first-order valence-electron chi connectivity index (χ1n) is 2.12. The minimum absolute atomic E-state index is 0.00231. The van der Waals surface area contributed by atoms with E-state index in [1.165, 1.54) is 6.26 Å². The van der Waals surface area contributed by atoms with Crippen LogP contribution in [0.3, 0.4) is 0 Å². The van der Waals surface area contributed by atoms with Crippen LogP contribution in [-0.4, -0.2) is 12.4 Å². The summed E-state index contributed by atoms with van der Waals surface area (Å²) >= 11 is 0. The molecule has 1 heterocycles. The largest absolute Gasteiger partial charge is 0.384 e. The maximum atomic E-state index is 6.84. The molecule has 1 aliphatic heterocycles. The molecule has 8 heavy (non-hydrogen) atoms. The van der Waals surface area contributed by atoms with Gasteiger partial charge in [-0.3, -0.25) is 5.41 Å². The maximum Gasteiger partial charge on any atom is 0.138 e. The molecule has 0 amide bonds. The lowest BCUT2D eigenvalue weighted by Crippen LogP contribution is -2.13. The minimum atomic E-state index is 0.00231. The zero-order chi connectivity index (χ0) is 5.98. The number of rotatable bonds is 1. The fourth-order valence-corrected chi connectivity index (χ4v) is 0.365. The Bertz CT molecular complexity index is 141. The van der Waals surface area contributed by atoms with Gasteiger partial charge < -0.3 is 10.6 Å². The molecule has 0 aliphatic carbocycles. The Hall–Kier alpha value is -1.03. The van der Waals surface area contributed by atoms with E-state index in [0.29, 0.717) is 5.57 Å². The number of amidine groups is 1. The van der Waals surface area contributed by atoms with Crippen molar-refractivity contribution in [1.29, 1.82) is 5.41 Å². The predicted octanol–water partition coefficient (Wildman–Crippen LogP) is -0.232. The summed E-state index contributed by atoms with van der Waals surface area (Å²) in [7, 11) is 0. The van der Waals surface area contributed by atoms with Gasteiger partial charge in [-0.1, -0.05) is 0 Å². The van der Waals surface area contributed by atoms with Crippen molar-refractivity contribution in [1.82, 2.24) is 0 Å². The van der Waals surface area contributed by atoms with Gasteiger partial charge >= 0.3 is 0 Å². The van der Waals surface area contributed by atoms with E-state index in [1.807, 2.05) is 0 Å². The molecule has 0 atom stereocenters. The second kappa shape index (κ2) is 1.83. The van der Waals surface area contributed by atoms with Crippen LogP contribution in [0.1, 0.15) is 0 Å². The summed E-state index contributed by atoms with van der Waals surface area (Å²) in [6.07, 6.45) is 1.32. The predicted molar refractivity (Wildman–Crippen MR) is 27.0 cm³/mol. The zero-order valence-electron chi connectivity index (χ0n) is 4.18. The summed E-state index contributed by atoms with van der Waals surface area (Å²) < 4.78 is 0. The van der Waals surface area contributed by atoms with Gasteiger partial charge in [-0.25, -0.2) is 0 Å². The lowest BCUT2D eigenvalue weighted by molar-refractivity contribution is -0.221. The molecule has 4 nitrogen and oxygen atoms in total. The van der Waals surface area contributed by atoms with Gasteiger partial charge in [-0.15, -0.1) is 0 Å². The van der Waals surface area contributed by atoms with E-state index in [9.17, 15) is 0 Å². The molecule has 0 spiro atoms. The molecule has 0 aromatic rings. The van der Waals surface area contributed by atoms with Crippen LogP contribution in [0.15, 0.2) is 11.8 Å². The molecule has 0 radical (unpaired) electrons. The second-order valence-electron chi connectivity index (χ2n) is 1.42. The van der Waals surface area contributed by atoms with Gasteiger partial charge in [0.1, 0.15) is 18.7 Å². The fraction of sp³-hybridized carbons (Fsp3) is 0.250. The molecule has 1 rings (SSSR count). The molecular weight excluding hydrogens is 108 g/mol. The first-order valence-corrected chi connectivity index (χ1v) is 2.12. The van der Waals surface area contributed by atoms with Crippen molar-refractivity contribution >= 4 is 5.84 Å². The van der Waals surface area contributed by atoms with Crippen molar-refractivity contribution < 1.29 is 9.78 Å². The third-order valence-electron chi connectivity index (χ3n) is 0.819. The highest BCUT2D eigenvalue weighted by molar-refractivity contribution is 5.94. The average molecular weight is 114 g/mol. The number of nitrogens with two attached hydrogens (primary N) is 1. The van der Waals surface area contributed by atoms with Gasteiger partial charge in [-0.2, -0.15) is 4.89 Å². The van der Waals surface area contributed by atoms with Crippen molar-refractivity contribution in [2.24, 2.45) is 5.73 Å². The van der Waals surface area contributed by atoms with Crippen LogP contribution < -0.4 is 5.73 Å². The first-order chi connectivity index (χ1) is 3.80. The van der Waals surface area contributed by atoms with Crippen LogP contribution in [-0.2, 0) is 9.78 Å². The van der Waals surface area contributed by atoms with E-state index in [1.54, 1.807) is 0 Å². The molecule has 0 fully saturated rings. The van der Waals surface area contributed by atoms with E-state index in [2.05, 4.69) is 9.78 Å². The van der Waals surface area contributed by atoms with Crippen molar-refractivity contribution in [3.05, 3.63) is 11.8 Å². The Morgan fingerprint density at radius 3 is 2.88 bits per heavy atom. The van der Waals surface area contributed by atoms with Gasteiger partial charge in [0.25, 0.3) is 0 Å².